The Morgan fingerprint density at radius 2 is 1.88 bits per heavy atom. The van der Waals surface area contributed by atoms with Gasteiger partial charge in [0.25, 0.3) is 5.91 Å². The van der Waals surface area contributed by atoms with Gasteiger partial charge in [-0.15, -0.1) is 0 Å². The van der Waals surface area contributed by atoms with Gasteiger partial charge in [-0.1, -0.05) is 18.2 Å². The van der Waals surface area contributed by atoms with Crippen LogP contribution in [-0.2, 0) is 16.0 Å². The summed E-state index contributed by atoms with van der Waals surface area (Å²) in [5.41, 5.74) is 0.929. The molecule has 0 saturated carbocycles. The number of esters is 1. The molecule has 0 aliphatic heterocycles. The van der Waals surface area contributed by atoms with Crippen LogP contribution in [0, 0.1) is 5.82 Å². The number of hydrogen-bond donors (Lipinski definition) is 1. The molecule has 6 heteroatoms. The molecule has 0 saturated heterocycles. The van der Waals surface area contributed by atoms with Gasteiger partial charge >= 0.3 is 5.97 Å². The molecule has 2 aromatic rings. The van der Waals surface area contributed by atoms with Gasteiger partial charge in [-0.05, 0) is 35.9 Å². The van der Waals surface area contributed by atoms with Gasteiger partial charge in [0.05, 0.1) is 14.2 Å². The standard InChI is InChI=1S/C18H18FNO4/c1-23-15-8-3-5-12(9-15)10-16(18(22)24-2)20-17(21)13-6-4-7-14(19)11-13/h3-9,11,16H,10H2,1-2H3,(H,20,21)/t16-/m1/s1. The van der Waals surface area contributed by atoms with Crippen molar-refractivity contribution in [3.8, 4) is 5.75 Å². The van der Waals surface area contributed by atoms with E-state index in [4.69, 9.17) is 9.47 Å². The molecule has 0 radical (unpaired) electrons. The maximum Gasteiger partial charge on any atom is 0.328 e. The second kappa shape index (κ2) is 8.10. The van der Waals surface area contributed by atoms with Crippen LogP contribution in [0.5, 0.6) is 5.75 Å². The smallest absolute Gasteiger partial charge is 0.328 e. The number of halogens is 1. The van der Waals surface area contributed by atoms with E-state index in [0.29, 0.717) is 5.75 Å². The Hall–Kier alpha value is -2.89. The summed E-state index contributed by atoms with van der Waals surface area (Å²) in [6, 6.07) is 11.5. The summed E-state index contributed by atoms with van der Waals surface area (Å²) in [7, 11) is 2.79. The SMILES string of the molecule is COC(=O)[C@@H](Cc1cccc(OC)c1)NC(=O)c1cccc(F)c1. The van der Waals surface area contributed by atoms with Gasteiger partial charge in [0, 0.05) is 12.0 Å². The lowest BCUT2D eigenvalue weighted by molar-refractivity contribution is -0.142. The summed E-state index contributed by atoms with van der Waals surface area (Å²) in [5.74, 6) is -1.01. The molecule has 0 fully saturated rings. The maximum absolute atomic E-state index is 13.2. The van der Waals surface area contributed by atoms with Crippen molar-refractivity contribution >= 4 is 11.9 Å². The molecule has 0 aromatic heterocycles. The molecule has 0 spiro atoms. The number of methoxy groups -OCH3 is 2. The minimum absolute atomic E-state index is 0.134. The highest BCUT2D eigenvalue weighted by Gasteiger charge is 2.23. The number of amides is 1. The number of carbonyl (C=O) groups excluding carboxylic acids is 2. The van der Waals surface area contributed by atoms with Gasteiger partial charge in [-0.2, -0.15) is 0 Å². The second-order valence-electron chi connectivity index (χ2n) is 5.12. The zero-order chi connectivity index (χ0) is 17.5. The summed E-state index contributed by atoms with van der Waals surface area (Å²) >= 11 is 0. The third-order valence-electron chi connectivity index (χ3n) is 3.45. The minimum atomic E-state index is -0.891. The number of ether oxygens (including phenoxy) is 2. The Bertz CT molecular complexity index is 732. The van der Waals surface area contributed by atoms with Crippen LogP contribution in [-0.4, -0.2) is 32.1 Å². The van der Waals surface area contributed by atoms with Gasteiger partial charge in [0.2, 0.25) is 0 Å². The predicted molar refractivity (Wildman–Crippen MR) is 86.4 cm³/mol. The predicted octanol–water partition coefficient (Wildman–Crippen LogP) is 2.35. The average molecular weight is 331 g/mol. The summed E-state index contributed by atoms with van der Waals surface area (Å²) < 4.78 is 23.1. The fraction of sp³-hybridized carbons (Fsp3) is 0.222. The van der Waals surface area contributed by atoms with Crippen molar-refractivity contribution in [2.24, 2.45) is 0 Å². The topological polar surface area (TPSA) is 64.6 Å². The first kappa shape index (κ1) is 17.5. The number of benzene rings is 2. The number of rotatable bonds is 6. The Labute approximate surface area is 139 Å². The highest BCUT2D eigenvalue weighted by molar-refractivity contribution is 5.96. The lowest BCUT2D eigenvalue weighted by atomic mass is 10.0. The zero-order valence-electron chi connectivity index (χ0n) is 13.4. The largest absolute Gasteiger partial charge is 0.497 e. The third kappa shape index (κ3) is 4.55. The summed E-state index contributed by atoms with van der Waals surface area (Å²) in [6.45, 7) is 0. The molecule has 0 unspecified atom stereocenters. The fourth-order valence-electron chi connectivity index (χ4n) is 2.24. The normalized spacial score (nSPS) is 11.5. The highest BCUT2D eigenvalue weighted by Crippen LogP contribution is 2.15. The molecule has 2 rings (SSSR count). The van der Waals surface area contributed by atoms with Crippen LogP contribution in [0.25, 0.3) is 0 Å². The van der Waals surface area contributed by atoms with Crippen molar-refractivity contribution in [2.45, 2.75) is 12.5 Å². The summed E-state index contributed by atoms with van der Waals surface area (Å²) in [4.78, 5) is 24.2. The van der Waals surface area contributed by atoms with Crippen LogP contribution in [0.4, 0.5) is 4.39 Å². The fourth-order valence-corrected chi connectivity index (χ4v) is 2.24. The van der Waals surface area contributed by atoms with E-state index in [9.17, 15) is 14.0 Å². The van der Waals surface area contributed by atoms with Gasteiger partial charge in [0.15, 0.2) is 0 Å². The van der Waals surface area contributed by atoms with E-state index in [2.05, 4.69) is 5.32 Å². The van der Waals surface area contributed by atoms with E-state index in [1.54, 1.807) is 25.3 Å². The molecule has 5 nitrogen and oxygen atoms in total. The Morgan fingerprint density at radius 3 is 2.54 bits per heavy atom. The summed E-state index contributed by atoms with van der Waals surface area (Å²) in [6.07, 6.45) is 0.227. The van der Waals surface area contributed by atoms with E-state index in [-0.39, 0.29) is 12.0 Å². The quantitative estimate of drug-likeness (QED) is 0.825. The van der Waals surface area contributed by atoms with Crippen LogP contribution in [0.15, 0.2) is 48.5 Å². The molecule has 24 heavy (non-hydrogen) atoms. The van der Waals surface area contributed by atoms with Gasteiger partial charge in [-0.25, -0.2) is 9.18 Å². The van der Waals surface area contributed by atoms with E-state index in [0.717, 1.165) is 11.6 Å². The molecular formula is C18H18FNO4. The third-order valence-corrected chi connectivity index (χ3v) is 3.45. The molecule has 0 aliphatic carbocycles. The molecule has 126 valence electrons. The molecule has 1 N–H and O–H groups in total. The van der Waals surface area contributed by atoms with Gasteiger partial charge < -0.3 is 14.8 Å². The average Bonchev–Trinajstić information content (AvgIpc) is 2.60. The Kier molecular flexibility index (Phi) is 5.89. The van der Waals surface area contributed by atoms with Gasteiger partial charge in [-0.3, -0.25) is 4.79 Å². The van der Waals surface area contributed by atoms with Crippen molar-refractivity contribution in [1.29, 1.82) is 0 Å². The van der Waals surface area contributed by atoms with Crippen LogP contribution in [0.1, 0.15) is 15.9 Å². The first-order valence-electron chi connectivity index (χ1n) is 7.30. The molecule has 2 aromatic carbocycles. The molecule has 1 amide bonds. The van der Waals surface area contributed by atoms with Crippen molar-refractivity contribution in [2.75, 3.05) is 14.2 Å². The minimum Gasteiger partial charge on any atom is -0.497 e. The van der Waals surface area contributed by atoms with Crippen LogP contribution in [0.3, 0.4) is 0 Å². The number of nitrogens with one attached hydrogen (secondary N) is 1. The molecule has 0 bridgehead atoms. The number of hydrogen-bond acceptors (Lipinski definition) is 4. The van der Waals surface area contributed by atoms with E-state index in [1.165, 1.54) is 25.3 Å². The highest BCUT2D eigenvalue weighted by atomic mass is 19.1. The number of carbonyl (C=O) groups is 2. The van der Waals surface area contributed by atoms with Crippen molar-refractivity contribution in [1.82, 2.24) is 5.32 Å². The van der Waals surface area contributed by atoms with Crippen molar-refractivity contribution in [3.63, 3.8) is 0 Å². The van der Waals surface area contributed by atoms with Crippen LogP contribution < -0.4 is 10.1 Å². The molecule has 0 heterocycles. The van der Waals surface area contributed by atoms with Crippen LogP contribution in [0.2, 0.25) is 0 Å². The van der Waals surface area contributed by atoms with Gasteiger partial charge in [0.1, 0.15) is 17.6 Å². The molecule has 0 aliphatic rings. The Morgan fingerprint density at radius 1 is 1.12 bits per heavy atom. The lowest BCUT2D eigenvalue weighted by Gasteiger charge is -2.17. The van der Waals surface area contributed by atoms with Crippen molar-refractivity contribution < 1.29 is 23.5 Å². The first-order valence-corrected chi connectivity index (χ1v) is 7.30. The summed E-state index contributed by atoms with van der Waals surface area (Å²) in [5, 5.41) is 2.58. The van der Waals surface area contributed by atoms with Crippen LogP contribution >= 0.6 is 0 Å². The molecule has 1 atom stereocenters. The van der Waals surface area contributed by atoms with Crippen molar-refractivity contribution in [3.05, 3.63) is 65.5 Å². The second-order valence-corrected chi connectivity index (χ2v) is 5.12. The van der Waals surface area contributed by atoms with E-state index < -0.39 is 23.7 Å². The van der Waals surface area contributed by atoms with E-state index in [1.807, 2.05) is 6.07 Å². The monoisotopic (exact) mass is 331 g/mol. The first-order chi connectivity index (χ1) is 11.5. The maximum atomic E-state index is 13.2. The Balaban J connectivity index is 2.16. The zero-order valence-corrected chi connectivity index (χ0v) is 13.4. The van der Waals surface area contributed by atoms with E-state index >= 15 is 0 Å². The molecular weight excluding hydrogens is 313 g/mol. The lowest BCUT2D eigenvalue weighted by Crippen LogP contribution is -2.43.